The van der Waals surface area contributed by atoms with Crippen molar-refractivity contribution in [2.24, 2.45) is 0 Å². The average molecular weight is 443 g/mol. The summed E-state index contributed by atoms with van der Waals surface area (Å²) >= 11 is 0. The van der Waals surface area contributed by atoms with Gasteiger partial charge in [-0.25, -0.2) is 4.39 Å². The molecule has 3 aromatic rings. The number of anilines is 1. The number of carbonyl (C=O) groups excluding carboxylic acids is 2. The van der Waals surface area contributed by atoms with Crippen molar-refractivity contribution in [1.82, 2.24) is 4.90 Å². The first-order valence-electron chi connectivity index (χ1n) is 11.0. The van der Waals surface area contributed by atoms with E-state index in [4.69, 9.17) is 0 Å². The zero-order chi connectivity index (χ0) is 23.7. The lowest BCUT2D eigenvalue weighted by atomic mass is 9.97. The second-order valence-corrected chi connectivity index (χ2v) is 8.76. The highest BCUT2D eigenvalue weighted by atomic mass is 19.1. The van der Waals surface area contributed by atoms with Gasteiger partial charge in [0.15, 0.2) is 0 Å². The molecule has 5 heteroatoms. The highest BCUT2D eigenvalue weighted by Gasteiger charge is 2.40. The van der Waals surface area contributed by atoms with E-state index in [9.17, 15) is 14.0 Å². The van der Waals surface area contributed by atoms with Crippen LogP contribution in [0, 0.1) is 19.7 Å². The van der Waals surface area contributed by atoms with Gasteiger partial charge in [-0.05, 0) is 54.7 Å². The number of amides is 2. The molecule has 0 fully saturated rings. The Bertz CT molecular complexity index is 1260. The maximum Gasteiger partial charge on any atom is 0.278 e. The van der Waals surface area contributed by atoms with Crippen molar-refractivity contribution >= 4 is 23.1 Å². The lowest BCUT2D eigenvalue weighted by Gasteiger charge is -2.16. The van der Waals surface area contributed by atoms with Gasteiger partial charge in [-0.15, -0.1) is 0 Å². The Morgan fingerprint density at radius 2 is 1.61 bits per heavy atom. The molecule has 2 amide bonds. The standard InChI is InChI=1S/C28H27FN2O2/c1-17(2)20-10-12-22(13-11-20)30-26-25(23-14-9-18(3)15-19(23)4)27(32)31(28(26)33)16-21-7-5-6-8-24(21)29/h5-15,17,30H,16H2,1-4H3. The van der Waals surface area contributed by atoms with Crippen LogP contribution in [0.2, 0.25) is 0 Å². The molecule has 0 aromatic heterocycles. The summed E-state index contributed by atoms with van der Waals surface area (Å²) in [5.41, 5.74) is 5.36. The number of rotatable bonds is 6. The number of aryl methyl sites for hydroxylation is 2. The Labute approximate surface area is 193 Å². The summed E-state index contributed by atoms with van der Waals surface area (Å²) in [5, 5.41) is 3.18. The van der Waals surface area contributed by atoms with Crippen LogP contribution in [0.3, 0.4) is 0 Å². The molecule has 1 N–H and O–H groups in total. The molecule has 33 heavy (non-hydrogen) atoms. The van der Waals surface area contributed by atoms with Crippen molar-refractivity contribution < 1.29 is 14.0 Å². The van der Waals surface area contributed by atoms with Crippen molar-refractivity contribution in [3.05, 3.63) is 106 Å². The summed E-state index contributed by atoms with van der Waals surface area (Å²) in [5.74, 6) is -0.963. The third-order valence-electron chi connectivity index (χ3n) is 5.95. The first kappa shape index (κ1) is 22.5. The van der Waals surface area contributed by atoms with Crippen LogP contribution >= 0.6 is 0 Å². The van der Waals surface area contributed by atoms with Gasteiger partial charge in [-0.2, -0.15) is 0 Å². The van der Waals surface area contributed by atoms with Crippen LogP contribution in [0.1, 0.15) is 47.6 Å². The largest absolute Gasteiger partial charge is 0.350 e. The molecule has 4 rings (SSSR count). The number of nitrogens with one attached hydrogen (secondary N) is 1. The van der Waals surface area contributed by atoms with E-state index in [0.29, 0.717) is 28.3 Å². The molecule has 1 aliphatic heterocycles. The van der Waals surface area contributed by atoms with E-state index in [1.54, 1.807) is 18.2 Å². The third kappa shape index (κ3) is 4.44. The molecule has 0 bridgehead atoms. The van der Waals surface area contributed by atoms with E-state index in [0.717, 1.165) is 16.0 Å². The third-order valence-corrected chi connectivity index (χ3v) is 5.95. The predicted molar refractivity (Wildman–Crippen MR) is 129 cm³/mol. The van der Waals surface area contributed by atoms with Crippen molar-refractivity contribution in [2.45, 2.75) is 40.2 Å². The van der Waals surface area contributed by atoms with E-state index >= 15 is 0 Å². The Morgan fingerprint density at radius 1 is 0.909 bits per heavy atom. The number of imide groups is 1. The quantitative estimate of drug-likeness (QED) is 0.479. The molecule has 168 valence electrons. The van der Waals surface area contributed by atoms with E-state index < -0.39 is 17.6 Å². The maximum absolute atomic E-state index is 14.3. The Morgan fingerprint density at radius 3 is 2.24 bits per heavy atom. The van der Waals surface area contributed by atoms with Crippen molar-refractivity contribution in [3.8, 4) is 0 Å². The van der Waals surface area contributed by atoms with Crippen LogP contribution in [0.25, 0.3) is 5.57 Å². The molecule has 0 atom stereocenters. The van der Waals surface area contributed by atoms with Crippen LogP contribution in [0.15, 0.2) is 72.4 Å². The van der Waals surface area contributed by atoms with Crippen LogP contribution in [-0.2, 0) is 16.1 Å². The van der Waals surface area contributed by atoms with Gasteiger partial charge < -0.3 is 5.32 Å². The zero-order valence-corrected chi connectivity index (χ0v) is 19.3. The average Bonchev–Trinajstić information content (AvgIpc) is 3.00. The summed E-state index contributed by atoms with van der Waals surface area (Å²) in [6, 6.07) is 19.8. The molecular weight excluding hydrogens is 415 g/mol. The molecule has 4 nitrogen and oxygen atoms in total. The van der Waals surface area contributed by atoms with Crippen molar-refractivity contribution in [3.63, 3.8) is 0 Å². The Hall–Kier alpha value is -3.73. The number of halogens is 1. The van der Waals surface area contributed by atoms with Gasteiger partial charge in [0.2, 0.25) is 0 Å². The van der Waals surface area contributed by atoms with Crippen LogP contribution in [-0.4, -0.2) is 16.7 Å². The molecular formula is C28H27FN2O2. The fraction of sp³-hybridized carbons (Fsp3) is 0.214. The lowest BCUT2D eigenvalue weighted by Crippen LogP contribution is -2.32. The summed E-state index contributed by atoms with van der Waals surface area (Å²) in [4.78, 5) is 28.0. The maximum atomic E-state index is 14.3. The van der Waals surface area contributed by atoms with Gasteiger partial charge in [0.05, 0.1) is 12.1 Å². The predicted octanol–water partition coefficient (Wildman–Crippen LogP) is 5.96. The minimum Gasteiger partial charge on any atom is -0.350 e. The number of carbonyl (C=O) groups is 2. The number of benzene rings is 3. The SMILES string of the molecule is Cc1ccc(C2=C(Nc3ccc(C(C)C)cc3)C(=O)N(Cc3ccccc3F)C2=O)c(C)c1. The summed E-state index contributed by atoms with van der Waals surface area (Å²) in [6.07, 6.45) is 0. The van der Waals surface area contributed by atoms with E-state index in [1.807, 2.05) is 56.3 Å². The second-order valence-electron chi connectivity index (χ2n) is 8.76. The molecule has 1 aliphatic rings. The molecule has 0 spiro atoms. The number of nitrogens with zero attached hydrogens (tertiary/aromatic N) is 1. The van der Waals surface area contributed by atoms with Crippen LogP contribution in [0.5, 0.6) is 0 Å². The van der Waals surface area contributed by atoms with Gasteiger partial charge in [-0.3, -0.25) is 14.5 Å². The normalized spacial score (nSPS) is 13.9. The minimum atomic E-state index is -0.467. The molecule has 0 saturated heterocycles. The van der Waals surface area contributed by atoms with Crippen LogP contribution < -0.4 is 5.32 Å². The Kier molecular flexibility index (Phi) is 6.14. The summed E-state index contributed by atoms with van der Waals surface area (Å²) in [6.45, 7) is 8.00. The highest BCUT2D eigenvalue weighted by Crippen LogP contribution is 2.34. The summed E-state index contributed by atoms with van der Waals surface area (Å²) in [7, 11) is 0. The van der Waals surface area contributed by atoms with Crippen molar-refractivity contribution in [1.29, 1.82) is 0 Å². The van der Waals surface area contributed by atoms with E-state index in [-0.39, 0.29) is 12.2 Å². The summed E-state index contributed by atoms with van der Waals surface area (Å²) < 4.78 is 14.3. The molecule has 0 unspecified atom stereocenters. The highest BCUT2D eigenvalue weighted by molar-refractivity contribution is 6.36. The topological polar surface area (TPSA) is 49.4 Å². The second kappa shape index (κ2) is 9.02. The number of hydrogen-bond acceptors (Lipinski definition) is 3. The molecule has 0 aliphatic carbocycles. The molecule has 1 heterocycles. The Balaban J connectivity index is 1.76. The van der Waals surface area contributed by atoms with Gasteiger partial charge in [-0.1, -0.05) is 67.9 Å². The smallest absolute Gasteiger partial charge is 0.278 e. The number of hydrogen-bond donors (Lipinski definition) is 1. The van der Waals surface area contributed by atoms with E-state index in [1.165, 1.54) is 11.6 Å². The fourth-order valence-corrected chi connectivity index (χ4v) is 4.07. The fourth-order valence-electron chi connectivity index (χ4n) is 4.07. The molecule has 0 saturated carbocycles. The van der Waals surface area contributed by atoms with Crippen molar-refractivity contribution in [2.75, 3.05) is 5.32 Å². The van der Waals surface area contributed by atoms with Gasteiger partial charge in [0, 0.05) is 11.3 Å². The van der Waals surface area contributed by atoms with Gasteiger partial charge in [0.25, 0.3) is 11.8 Å². The van der Waals surface area contributed by atoms with Gasteiger partial charge >= 0.3 is 0 Å². The first-order valence-corrected chi connectivity index (χ1v) is 11.0. The lowest BCUT2D eigenvalue weighted by molar-refractivity contribution is -0.137. The first-order chi connectivity index (χ1) is 15.8. The zero-order valence-electron chi connectivity index (χ0n) is 19.3. The molecule has 3 aromatic carbocycles. The monoisotopic (exact) mass is 442 g/mol. The van der Waals surface area contributed by atoms with E-state index in [2.05, 4.69) is 19.2 Å². The molecule has 0 radical (unpaired) electrons. The minimum absolute atomic E-state index is 0.129. The van der Waals surface area contributed by atoms with Gasteiger partial charge in [0.1, 0.15) is 11.5 Å². The van der Waals surface area contributed by atoms with Crippen LogP contribution in [0.4, 0.5) is 10.1 Å².